The molecule has 0 saturated carbocycles. The van der Waals surface area contributed by atoms with Crippen molar-refractivity contribution < 1.29 is 14.6 Å². The lowest BCUT2D eigenvalue weighted by Crippen LogP contribution is -1.93. The van der Waals surface area contributed by atoms with Crippen LogP contribution >= 0.6 is 11.3 Å². The van der Waals surface area contributed by atoms with E-state index < -0.39 is 5.82 Å². The van der Waals surface area contributed by atoms with Crippen molar-refractivity contribution in [2.24, 2.45) is 0 Å². The number of nitrogens with two attached hydrogens (primary N) is 1. The Hall–Kier alpha value is -2.79. The van der Waals surface area contributed by atoms with Gasteiger partial charge in [0.25, 0.3) is 0 Å². The highest BCUT2D eigenvalue weighted by molar-refractivity contribution is 7.08. The molecule has 0 aliphatic heterocycles. The van der Waals surface area contributed by atoms with E-state index in [1.54, 1.807) is 18.2 Å². The number of thiophene rings is 1. The molecule has 4 N–H and O–H groups in total. The maximum atomic E-state index is 13.9. The molecule has 3 aromatic rings. The molecule has 1 aliphatic rings. The topological polar surface area (TPSA) is 66.5 Å². The Kier molecular flexibility index (Phi) is 3.54. The van der Waals surface area contributed by atoms with Crippen molar-refractivity contribution in [3.05, 3.63) is 74.7 Å². The van der Waals surface area contributed by atoms with Gasteiger partial charge in [0.05, 0.1) is 5.69 Å². The van der Waals surface area contributed by atoms with E-state index in [9.17, 15) is 14.6 Å². The van der Waals surface area contributed by atoms with Crippen LogP contribution in [0.2, 0.25) is 0 Å². The normalized spacial score (nSPS) is 13.4. The summed E-state index contributed by atoms with van der Waals surface area (Å²) in [6.07, 6.45) is 0.621. The average molecular weight is 353 g/mol. The third-order valence-electron chi connectivity index (χ3n) is 4.64. The van der Waals surface area contributed by atoms with Crippen LogP contribution in [0.25, 0.3) is 11.1 Å². The van der Waals surface area contributed by atoms with Crippen LogP contribution in [0.5, 0.6) is 11.5 Å². The van der Waals surface area contributed by atoms with E-state index in [0.717, 1.165) is 33.4 Å². The summed E-state index contributed by atoms with van der Waals surface area (Å²) in [5.41, 5.74) is 13.2. The van der Waals surface area contributed by atoms with Gasteiger partial charge >= 0.3 is 0 Å². The Morgan fingerprint density at radius 2 is 1.88 bits per heavy atom. The van der Waals surface area contributed by atoms with Gasteiger partial charge in [-0.15, -0.1) is 11.3 Å². The van der Waals surface area contributed by atoms with Crippen molar-refractivity contribution in [3.8, 4) is 11.5 Å². The highest BCUT2D eigenvalue weighted by Crippen LogP contribution is 2.47. The fourth-order valence-electron chi connectivity index (χ4n) is 3.44. The van der Waals surface area contributed by atoms with E-state index in [1.165, 1.54) is 23.5 Å². The van der Waals surface area contributed by atoms with Gasteiger partial charge in [-0.3, -0.25) is 0 Å². The predicted octanol–water partition coefficient (Wildman–Crippen LogP) is 4.70. The molecular formula is C20H16FNO2S. The third kappa shape index (κ3) is 2.48. The summed E-state index contributed by atoms with van der Waals surface area (Å²) in [6, 6.07) is 7.87. The molecule has 5 heteroatoms. The lowest BCUT2D eigenvalue weighted by molar-refractivity contribution is 0.432. The first-order chi connectivity index (χ1) is 12.0. The van der Waals surface area contributed by atoms with Gasteiger partial charge in [-0.2, -0.15) is 0 Å². The van der Waals surface area contributed by atoms with Crippen LogP contribution in [0.4, 0.5) is 10.1 Å². The van der Waals surface area contributed by atoms with Gasteiger partial charge in [-0.1, -0.05) is 6.07 Å². The zero-order valence-electron chi connectivity index (χ0n) is 13.5. The summed E-state index contributed by atoms with van der Waals surface area (Å²) < 4.78 is 13.9. The molecule has 0 bridgehead atoms. The maximum Gasteiger partial charge on any atom is 0.165 e. The zero-order chi connectivity index (χ0) is 17.7. The van der Waals surface area contributed by atoms with Crippen LogP contribution in [-0.2, 0) is 6.42 Å². The number of halogens is 1. The number of hydrogen-bond acceptors (Lipinski definition) is 4. The Bertz CT molecular complexity index is 1040. The van der Waals surface area contributed by atoms with Gasteiger partial charge in [-0.05, 0) is 71.0 Å². The van der Waals surface area contributed by atoms with Crippen molar-refractivity contribution in [1.82, 2.24) is 0 Å². The highest BCUT2D eigenvalue weighted by atomic mass is 32.1. The van der Waals surface area contributed by atoms with Gasteiger partial charge in [0.15, 0.2) is 11.6 Å². The molecule has 0 radical (unpaired) electrons. The lowest BCUT2D eigenvalue weighted by Gasteiger charge is -2.10. The number of fused-ring (bicyclic) bond motifs is 1. The molecule has 126 valence electrons. The molecule has 0 fully saturated rings. The molecule has 3 nitrogen and oxygen atoms in total. The molecule has 1 aromatic heterocycles. The number of hydrogen-bond donors (Lipinski definition) is 3. The third-order valence-corrected chi connectivity index (χ3v) is 5.40. The van der Waals surface area contributed by atoms with E-state index in [2.05, 4.69) is 0 Å². The Morgan fingerprint density at radius 1 is 1.08 bits per heavy atom. The molecule has 0 amide bonds. The minimum Gasteiger partial charge on any atom is -0.508 e. The number of phenols is 2. The van der Waals surface area contributed by atoms with Crippen LogP contribution in [0.3, 0.4) is 0 Å². The quantitative estimate of drug-likeness (QED) is 0.625. The summed E-state index contributed by atoms with van der Waals surface area (Å²) >= 11 is 1.50. The molecule has 1 heterocycles. The Labute approximate surface area is 148 Å². The molecule has 25 heavy (non-hydrogen) atoms. The number of benzene rings is 2. The van der Waals surface area contributed by atoms with Gasteiger partial charge in [-0.25, -0.2) is 4.39 Å². The van der Waals surface area contributed by atoms with Crippen molar-refractivity contribution >= 4 is 28.2 Å². The molecular weight excluding hydrogens is 337 g/mol. The van der Waals surface area contributed by atoms with Crippen LogP contribution in [-0.4, -0.2) is 10.2 Å². The number of aryl methyl sites for hydroxylation is 1. The number of allylic oxidation sites excluding steroid dienone is 1. The lowest BCUT2D eigenvalue weighted by atomic mass is 9.95. The minimum absolute atomic E-state index is 0.195. The first kappa shape index (κ1) is 15.7. The van der Waals surface area contributed by atoms with E-state index in [0.29, 0.717) is 17.7 Å². The second-order valence-electron chi connectivity index (χ2n) is 6.23. The van der Waals surface area contributed by atoms with E-state index in [4.69, 9.17) is 5.73 Å². The second kappa shape index (κ2) is 5.63. The molecule has 0 saturated heterocycles. The molecule has 4 rings (SSSR count). The minimum atomic E-state index is -0.654. The Morgan fingerprint density at radius 3 is 2.56 bits per heavy atom. The fraction of sp³-hybridized carbons (Fsp3) is 0.100. The molecule has 1 aliphatic carbocycles. The fourth-order valence-corrected chi connectivity index (χ4v) is 4.17. The number of nitrogen functional groups attached to an aromatic ring is 1. The smallest absolute Gasteiger partial charge is 0.165 e. The van der Waals surface area contributed by atoms with Gasteiger partial charge in [0, 0.05) is 16.3 Å². The van der Waals surface area contributed by atoms with E-state index in [1.807, 2.05) is 17.7 Å². The van der Waals surface area contributed by atoms with Crippen LogP contribution in [0.1, 0.15) is 27.8 Å². The molecule has 2 aromatic carbocycles. The highest BCUT2D eigenvalue weighted by Gasteiger charge is 2.27. The number of rotatable bonds is 2. The second-order valence-corrected chi connectivity index (χ2v) is 6.97. The van der Waals surface area contributed by atoms with Crippen molar-refractivity contribution in [3.63, 3.8) is 0 Å². The first-order valence-electron chi connectivity index (χ1n) is 7.82. The van der Waals surface area contributed by atoms with Crippen molar-refractivity contribution in [1.29, 1.82) is 0 Å². The van der Waals surface area contributed by atoms with Gasteiger partial charge in [0.1, 0.15) is 5.75 Å². The number of phenolic OH excluding ortho intramolecular Hbond substituents is 2. The largest absolute Gasteiger partial charge is 0.508 e. The number of anilines is 1. The van der Waals surface area contributed by atoms with Crippen LogP contribution < -0.4 is 5.73 Å². The Balaban J connectivity index is 2.01. The van der Waals surface area contributed by atoms with Crippen molar-refractivity contribution in [2.75, 3.05) is 5.73 Å². The summed E-state index contributed by atoms with van der Waals surface area (Å²) in [7, 11) is 0. The predicted molar refractivity (Wildman–Crippen MR) is 99.3 cm³/mol. The standard InChI is InChI=1S/C20H16FNO2S/c1-10-4-12(23)6-15-13(10)7-14(11-2-3-19(24)17(21)5-11)20(15)16-8-25-9-18(16)22/h2-6,8-9,23-24H,7,22H2,1H3. The van der Waals surface area contributed by atoms with Crippen LogP contribution in [0.15, 0.2) is 41.1 Å². The van der Waals surface area contributed by atoms with E-state index in [-0.39, 0.29) is 11.5 Å². The van der Waals surface area contributed by atoms with Gasteiger partial charge < -0.3 is 15.9 Å². The van der Waals surface area contributed by atoms with Crippen molar-refractivity contribution in [2.45, 2.75) is 13.3 Å². The van der Waals surface area contributed by atoms with E-state index >= 15 is 0 Å². The SMILES string of the molecule is Cc1cc(O)cc2c1CC(c1ccc(O)c(F)c1)=C2c1cscc1N. The summed E-state index contributed by atoms with van der Waals surface area (Å²) in [4.78, 5) is 0. The monoisotopic (exact) mass is 353 g/mol. The summed E-state index contributed by atoms with van der Waals surface area (Å²) in [6.45, 7) is 1.95. The zero-order valence-corrected chi connectivity index (χ0v) is 14.3. The molecule has 0 atom stereocenters. The maximum absolute atomic E-state index is 13.9. The molecule has 0 unspecified atom stereocenters. The average Bonchev–Trinajstić information content (AvgIpc) is 3.13. The van der Waals surface area contributed by atoms with Crippen LogP contribution in [0, 0.1) is 12.7 Å². The summed E-state index contributed by atoms with van der Waals surface area (Å²) in [5, 5.41) is 23.4. The number of aromatic hydroxyl groups is 2. The summed E-state index contributed by atoms with van der Waals surface area (Å²) in [5.74, 6) is -0.830. The molecule has 0 spiro atoms. The van der Waals surface area contributed by atoms with Gasteiger partial charge in [0.2, 0.25) is 0 Å². The first-order valence-corrected chi connectivity index (χ1v) is 8.77.